The maximum atomic E-state index is 11.0. The molecule has 1 fully saturated rings. The van der Waals surface area contributed by atoms with E-state index in [0.29, 0.717) is 24.0 Å². The summed E-state index contributed by atoms with van der Waals surface area (Å²) in [6, 6.07) is 0.374. The summed E-state index contributed by atoms with van der Waals surface area (Å²) in [4.78, 5) is 10.7. The Bertz CT molecular complexity index is 409. The number of hydrogen-bond acceptors (Lipinski definition) is 4. The maximum absolute atomic E-state index is 11.0. The third-order valence-corrected chi connectivity index (χ3v) is 3.06. The van der Waals surface area contributed by atoms with E-state index in [1.165, 1.54) is 6.42 Å². The Morgan fingerprint density at radius 3 is 2.75 bits per heavy atom. The molecule has 0 radical (unpaired) electrons. The highest BCUT2D eigenvalue weighted by Crippen LogP contribution is 2.32. The Labute approximate surface area is 93.8 Å². The van der Waals surface area contributed by atoms with Crippen molar-refractivity contribution in [1.82, 2.24) is 9.78 Å². The van der Waals surface area contributed by atoms with Crippen molar-refractivity contribution in [3.05, 3.63) is 15.8 Å². The minimum atomic E-state index is -0.340. The van der Waals surface area contributed by atoms with Crippen molar-refractivity contribution in [2.45, 2.75) is 38.6 Å². The van der Waals surface area contributed by atoms with E-state index in [1.807, 2.05) is 6.92 Å². The van der Waals surface area contributed by atoms with E-state index in [1.54, 1.807) is 11.7 Å². The molecule has 6 heteroatoms. The van der Waals surface area contributed by atoms with Gasteiger partial charge in [0.25, 0.3) is 0 Å². The molecule has 0 bridgehead atoms. The van der Waals surface area contributed by atoms with Crippen LogP contribution in [-0.4, -0.2) is 20.7 Å². The monoisotopic (exact) mass is 224 g/mol. The molecule has 1 heterocycles. The van der Waals surface area contributed by atoms with Gasteiger partial charge in [0.05, 0.1) is 4.92 Å². The Balaban J connectivity index is 2.32. The highest BCUT2D eigenvalue weighted by Gasteiger charge is 2.28. The van der Waals surface area contributed by atoms with Crippen LogP contribution in [0, 0.1) is 10.1 Å². The van der Waals surface area contributed by atoms with Crippen molar-refractivity contribution in [3.8, 4) is 0 Å². The molecule has 0 spiro atoms. The van der Waals surface area contributed by atoms with Gasteiger partial charge in [0.2, 0.25) is 5.82 Å². The molecule has 1 aromatic rings. The van der Waals surface area contributed by atoms with E-state index in [4.69, 9.17) is 0 Å². The molecule has 2 rings (SSSR count). The summed E-state index contributed by atoms with van der Waals surface area (Å²) in [6.45, 7) is 1.88. The van der Waals surface area contributed by atoms with E-state index < -0.39 is 0 Å². The number of nitrogens with one attached hydrogen (secondary N) is 1. The predicted octanol–water partition coefficient (Wildman–Crippen LogP) is 1.86. The Morgan fingerprint density at radius 2 is 2.31 bits per heavy atom. The molecule has 1 aliphatic rings. The SMILES string of the molecule is CCc1nn(C)c(NC2CCC2)c1[N+](=O)[O-]. The average Bonchev–Trinajstić information content (AvgIpc) is 2.48. The summed E-state index contributed by atoms with van der Waals surface area (Å²) >= 11 is 0. The third kappa shape index (κ3) is 1.75. The highest BCUT2D eigenvalue weighted by molar-refractivity contribution is 5.60. The van der Waals surface area contributed by atoms with E-state index in [9.17, 15) is 10.1 Å². The average molecular weight is 224 g/mol. The maximum Gasteiger partial charge on any atom is 0.333 e. The molecular weight excluding hydrogens is 208 g/mol. The van der Waals surface area contributed by atoms with Crippen molar-refractivity contribution in [3.63, 3.8) is 0 Å². The van der Waals surface area contributed by atoms with Crippen LogP contribution in [0.5, 0.6) is 0 Å². The summed E-state index contributed by atoms with van der Waals surface area (Å²) < 4.78 is 1.58. The van der Waals surface area contributed by atoms with Gasteiger partial charge >= 0.3 is 5.69 Å². The van der Waals surface area contributed by atoms with Gasteiger partial charge in [-0.15, -0.1) is 0 Å². The van der Waals surface area contributed by atoms with Crippen LogP contribution in [0.25, 0.3) is 0 Å². The Hall–Kier alpha value is -1.59. The standard InChI is InChI=1S/C10H16N4O2/c1-3-8-9(14(15)16)10(13(2)12-8)11-7-5-4-6-7/h7,11H,3-6H2,1-2H3. The van der Waals surface area contributed by atoms with Crippen molar-refractivity contribution >= 4 is 11.5 Å². The van der Waals surface area contributed by atoms with Crippen LogP contribution < -0.4 is 5.32 Å². The molecule has 0 aromatic carbocycles. The van der Waals surface area contributed by atoms with Crippen molar-refractivity contribution in [1.29, 1.82) is 0 Å². The van der Waals surface area contributed by atoms with Crippen molar-refractivity contribution < 1.29 is 4.92 Å². The lowest BCUT2D eigenvalue weighted by atomic mass is 9.93. The van der Waals surface area contributed by atoms with E-state index in [0.717, 1.165) is 12.8 Å². The lowest BCUT2D eigenvalue weighted by molar-refractivity contribution is -0.384. The minimum absolute atomic E-state index is 0.136. The van der Waals surface area contributed by atoms with Gasteiger partial charge in [-0.1, -0.05) is 6.92 Å². The third-order valence-electron chi connectivity index (χ3n) is 3.06. The lowest BCUT2D eigenvalue weighted by Crippen LogP contribution is -2.28. The Kier molecular flexibility index (Phi) is 2.80. The fraction of sp³-hybridized carbons (Fsp3) is 0.700. The first kappa shape index (κ1) is 10.9. The summed E-state index contributed by atoms with van der Waals surface area (Å²) in [5, 5.41) is 18.4. The van der Waals surface area contributed by atoms with Gasteiger partial charge in [-0.05, 0) is 25.7 Å². The second-order valence-electron chi connectivity index (χ2n) is 4.15. The zero-order chi connectivity index (χ0) is 11.7. The summed E-state index contributed by atoms with van der Waals surface area (Å²) in [6.07, 6.45) is 3.95. The quantitative estimate of drug-likeness (QED) is 0.625. The number of hydrogen-bond donors (Lipinski definition) is 1. The van der Waals surface area contributed by atoms with Gasteiger partial charge in [0.1, 0.15) is 5.69 Å². The number of nitro groups is 1. The van der Waals surface area contributed by atoms with Crippen LogP contribution in [0.15, 0.2) is 0 Å². The molecule has 0 unspecified atom stereocenters. The lowest BCUT2D eigenvalue weighted by Gasteiger charge is -2.26. The van der Waals surface area contributed by atoms with E-state index >= 15 is 0 Å². The normalized spacial score (nSPS) is 15.9. The molecule has 1 aromatic heterocycles. The van der Waals surface area contributed by atoms with Crippen LogP contribution in [-0.2, 0) is 13.5 Å². The number of aromatic nitrogens is 2. The largest absolute Gasteiger partial charge is 0.362 e. The zero-order valence-corrected chi connectivity index (χ0v) is 9.56. The first-order valence-corrected chi connectivity index (χ1v) is 5.60. The second-order valence-corrected chi connectivity index (χ2v) is 4.15. The van der Waals surface area contributed by atoms with Gasteiger partial charge in [-0.3, -0.25) is 10.1 Å². The number of rotatable bonds is 4. The van der Waals surface area contributed by atoms with Gasteiger partial charge in [-0.2, -0.15) is 5.10 Å². The van der Waals surface area contributed by atoms with Crippen LogP contribution in [0.4, 0.5) is 11.5 Å². The number of anilines is 1. The molecule has 88 valence electrons. The predicted molar refractivity (Wildman–Crippen MR) is 60.5 cm³/mol. The molecular formula is C10H16N4O2. The summed E-state index contributed by atoms with van der Waals surface area (Å²) in [5.74, 6) is 0.548. The smallest absolute Gasteiger partial charge is 0.333 e. The van der Waals surface area contributed by atoms with Crippen LogP contribution in [0.3, 0.4) is 0 Å². The zero-order valence-electron chi connectivity index (χ0n) is 9.56. The fourth-order valence-corrected chi connectivity index (χ4v) is 1.91. The van der Waals surface area contributed by atoms with E-state index in [-0.39, 0.29) is 10.6 Å². The highest BCUT2D eigenvalue weighted by atomic mass is 16.6. The van der Waals surface area contributed by atoms with Gasteiger partial charge in [-0.25, -0.2) is 4.68 Å². The molecule has 1 N–H and O–H groups in total. The fourth-order valence-electron chi connectivity index (χ4n) is 1.91. The molecule has 6 nitrogen and oxygen atoms in total. The first-order chi connectivity index (χ1) is 7.63. The first-order valence-electron chi connectivity index (χ1n) is 5.60. The molecule has 0 amide bonds. The summed E-state index contributed by atoms with van der Waals surface area (Å²) in [5.41, 5.74) is 0.686. The molecule has 0 atom stereocenters. The van der Waals surface area contributed by atoms with Crippen LogP contribution in [0.2, 0.25) is 0 Å². The van der Waals surface area contributed by atoms with Crippen molar-refractivity contribution in [2.75, 3.05) is 5.32 Å². The molecule has 16 heavy (non-hydrogen) atoms. The van der Waals surface area contributed by atoms with Gasteiger partial charge < -0.3 is 5.32 Å². The molecule has 0 saturated heterocycles. The number of nitrogens with zero attached hydrogens (tertiary/aromatic N) is 3. The van der Waals surface area contributed by atoms with Gasteiger partial charge in [0, 0.05) is 13.1 Å². The van der Waals surface area contributed by atoms with E-state index in [2.05, 4.69) is 10.4 Å². The topological polar surface area (TPSA) is 73.0 Å². The number of aryl methyl sites for hydroxylation is 2. The molecule has 1 saturated carbocycles. The van der Waals surface area contributed by atoms with Crippen molar-refractivity contribution in [2.24, 2.45) is 7.05 Å². The Morgan fingerprint density at radius 1 is 1.62 bits per heavy atom. The minimum Gasteiger partial charge on any atom is -0.362 e. The van der Waals surface area contributed by atoms with Crippen LogP contribution >= 0.6 is 0 Å². The molecule has 1 aliphatic carbocycles. The molecule has 0 aliphatic heterocycles. The van der Waals surface area contributed by atoms with Crippen LogP contribution in [0.1, 0.15) is 31.9 Å². The second kappa shape index (κ2) is 4.11. The summed E-state index contributed by atoms with van der Waals surface area (Å²) in [7, 11) is 1.74. The van der Waals surface area contributed by atoms with Gasteiger partial charge in [0.15, 0.2) is 0 Å².